The number of ketones is 2. The number of nitrogens with zero attached hydrogens (tertiary/aromatic N) is 1. The van der Waals surface area contributed by atoms with E-state index in [2.05, 4.69) is 26.5 Å². The molecule has 0 spiro atoms. The quantitative estimate of drug-likeness (QED) is 0.120. The molecule has 14 nitrogen and oxygen atoms in total. The van der Waals surface area contributed by atoms with Gasteiger partial charge in [-0.15, -0.1) is 0 Å². The fourth-order valence-corrected chi connectivity index (χ4v) is 10.6. The highest BCUT2D eigenvalue weighted by Crippen LogP contribution is 2.38. The maximum atomic E-state index is 14.5. The number of amides is 1. The van der Waals surface area contributed by atoms with Crippen LogP contribution in [-0.2, 0) is 47.6 Å². The summed E-state index contributed by atoms with van der Waals surface area (Å²) in [6.07, 6.45) is 13.8. The Morgan fingerprint density at radius 2 is 1.62 bits per heavy atom. The first kappa shape index (κ1) is 57.2. The molecular weight excluding hydrogens is 871 g/mol. The van der Waals surface area contributed by atoms with Crippen molar-refractivity contribution >= 4 is 23.4 Å². The van der Waals surface area contributed by atoms with Crippen LogP contribution in [0, 0.1) is 35.5 Å². The average Bonchev–Trinajstić information content (AvgIpc) is 3.32. The first-order valence-electron chi connectivity index (χ1n) is 25.2. The zero-order valence-corrected chi connectivity index (χ0v) is 42.7. The van der Waals surface area contributed by atoms with Gasteiger partial charge in [-0.25, -0.2) is 4.79 Å². The molecule has 3 heterocycles. The van der Waals surface area contributed by atoms with Gasteiger partial charge in [-0.05, 0) is 118 Å². The van der Waals surface area contributed by atoms with E-state index in [1.807, 2.05) is 38.2 Å². The van der Waals surface area contributed by atoms with E-state index >= 15 is 0 Å². The lowest BCUT2D eigenvalue weighted by atomic mass is 9.78. The second-order valence-corrected chi connectivity index (χ2v) is 20.3. The van der Waals surface area contributed by atoms with E-state index in [1.165, 1.54) is 12.0 Å². The third-order valence-corrected chi connectivity index (χ3v) is 15.1. The summed E-state index contributed by atoms with van der Waals surface area (Å²) in [7, 11) is 4.78. The third kappa shape index (κ3) is 15.3. The van der Waals surface area contributed by atoms with E-state index in [-0.39, 0.29) is 74.3 Å². The minimum atomic E-state index is -2.42. The molecule has 4 rings (SSSR count). The fourth-order valence-electron chi connectivity index (χ4n) is 10.6. The molecule has 1 aliphatic carbocycles. The number of cyclic esters (lactones) is 1. The van der Waals surface area contributed by atoms with Gasteiger partial charge in [-0.1, -0.05) is 77.7 Å². The highest BCUT2D eigenvalue weighted by atomic mass is 16.6. The number of carbonyl (C=O) groups excluding carboxylic acids is 4. The number of rotatable bonds is 9. The van der Waals surface area contributed by atoms with E-state index in [1.54, 1.807) is 41.1 Å². The summed E-state index contributed by atoms with van der Waals surface area (Å²) in [5.41, 5.74) is 2.20. The lowest BCUT2D eigenvalue weighted by Gasteiger charge is -2.42. The van der Waals surface area contributed by atoms with Crippen molar-refractivity contribution in [2.45, 2.75) is 180 Å². The van der Waals surface area contributed by atoms with Crippen LogP contribution in [0.3, 0.4) is 0 Å². The van der Waals surface area contributed by atoms with Crippen molar-refractivity contribution in [2.75, 3.05) is 41.1 Å². The van der Waals surface area contributed by atoms with Gasteiger partial charge in [0.25, 0.3) is 11.7 Å². The number of aliphatic hydroxyl groups excluding tert-OH is 2. The SMILES string of the molecule is C=C1C(OC)[C@H](O)/C(C)=C/[C@H](C)C(=O)CC(C(C)C[C@@H]2CC[C@H](OCCO)[C@H](OC)C2)OC(=O)[C@@H]2CCCCN2C(=O)C(=O)[C@]2(O)OC(CC[C@H]2C)C[C@@H](OC)/C(C)=C/C=C/C=C/[C@H](C)C[C@H]1C. The Bertz CT molecular complexity index is 1810. The molecule has 384 valence electrons. The Morgan fingerprint density at radius 3 is 2.29 bits per heavy atom. The summed E-state index contributed by atoms with van der Waals surface area (Å²) in [4.78, 5) is 58.5. The second kappa shape index (κ2) is 27.3. The standard InChI is InChI=1S/C54H85NO13/c1-33-17-13-12-14-18-34(2)46(63-9)31-42-22-20-39(7)54(62,68-42)51(59)52(60)55-24-16-15-19-43(55)53(61)67-47(37(5)29-41-21-23-45(66-26-25-56)48(30-41)64-10)32-44(57)36(4)28-38(6)49(58)50(65-11)40(8)35(3)27-33/h12-14,17-18,28,33,35-37,39,41-43,45-50,56,58,62H,8,15-16,19-27,29-32H2,1-7,9-11H3/b14-12+,17-13+,34-18+,38-28+/t33-,35+,36-,37?,39+,41-,42?,43-,45-,46+,47?,48+,49+,50?,54+/m0/s1. The van der Waals surface area contributed by atoms with Crippen molar-refractivity contribution in [1.29, 1.82) is 0 Å². The van der Waals surface area contributed by atoms with Gasteiger partial charge in [0, 0.05) is 52.6 Å². The van der Waals surface area contributed by atoms with Gasteiger partial charge in [0.15, 0.2) is 0 Å². The number of ether oxygens (including phenoxy) is 6. The molecule has 3 aliphatic heterocycles. The molecule has 0 aromatic carbocycles. The van der Waals surface area contributed by atoms with E-state index < -0.39 is 71.8 Å². The van der Waals surface area contributed by atoms with Crippen molar-refractivity contribution in [3.05, 3.63) is 59.8 Å². The second-order valence-electron chi connectivity index (χ2n) is 20.3. The fraction of sp³-hybridized carbons (Fsp3) is 0.741. The zero-order valence-electron chi connectivity index (χ0n) is 42.7. The molecule has 68 heavy (non-hydrogen) atoms. The first-order chi connectivity index (χ1) is 32.3. The summed E-state index contributed by atoms with van der Waals surface area (Å²) in [5.74, 6) is -6.81. The Hall–Kier alpha value is -3.34. The normalized spacial score (nSPS) is 39.2. The molecular formula is C54H85NO13. The molecule has 2 saturated heterocycles. The van der Waals surface area contributed by atoms with E-state index in [4.69, 9.17) is 28.4 Å². The van der Waals surface area contributed by atoms with Crippen molar-refractivity contribution in [1.82, 2.24) is 4.90 Å². The monoisotopic (exact) mass is 956 g/mol. The van der Waals surface area contributed by atoms with Crippen molar-refractivity contribution < 1.29 is 62.9 Å². The van der Waals surface area contributed by atoms with Crippen LogP contribution in [0.25, 0.3) is 0 Å². The molecule has 4 aliphatic rings. The number of hydrogen-bond acceptors (Lipinski definition) is 13. The number of aliphatic hydroxyl groups is 3. The van der Waals surface area contributed by atoms with Gasteiger partial charge >= 0.3 is 5.97 Å². The van der Waals surface area contributed by atoms with Gasteiger partial charge in [0.1, 0.15) is 30.1 Å². The summed E-state index contributed by atoms with van der Waals surface area (Å²) < 4.78 is 35.9. The topological polar surface area (TPSA) is 188 Å². The molecule has 1 amide bonds. The summed E-state index contributed by atoms with van der Waals surface area (Å²) in [6.45, 7) is 17.9. The van der Waals surface area contributed by atoms with Gasteiger partial charge < -0.3 is 48.6 Å². The van der Waals surface area contributed by atoms with Gasteiger partial charge in [0.05, 0.1) is 37.6 Å². The predicted octanol–water partition coefficient (Wildman–Crippen LogP) is 7.18. The van der Waals surface area contributed by atoms with Gasteiger partial charge in [0.2, 0.25) is 5.79 Å². The molecule has 0 aromatic heterocycles. The number of methoxy groups -OCH3 is 3. The first-order valence-corrected chi connectivity index (χ1v) is 25.2. The smallest absolute Gasteiger partial charge is 0.329 e. The molecule has 1 saturated carbocycles. The van der Waals surface area contributed by atoms with Crippen LogP contribution in [0.4, 0.5) is 0 Å². The van der Waals surface area contributed by atoms with Gasteiger partial charge in [-0.3, -0.25) is 14.4 Å². The Morgan fingerprint density at radius 1 is 0.882 bits per heavy atom. The van der Waals surface area contributed by atoms with Crippen LogP contribution >= 0.6 is 0 Å². The minimum Gasteiger partial charge on any atom is -0.460 e. The number of esters is 1. The minimum absolute atomic E-state index is 0.00160. The largest absolute Gasteiger partial charge is 0.460 e. The van der Waals surface area contributed by atoms with Crippen LogP contribution in [0.2, 0.25) is 0 Å². The number of fused-ring (bicyclic) bond motifs is 3. The Kier molecular flexibility index (Phi) is 23.0. The van der Waals surface area contributed by atoms with Crippen LogP contribution in [-0.4, -0.2) is 139 Å². The van der Waals surface area contributed by atoms with E-state index in [0.717, 1.165) is 30.4 Å². The predicted molar refractivity (Wildman–Crippen MR) is 260 cm³/mol. The zero-order chi connectivity index (χ0) is 50.3. The highest BCUT2D eigenvalue weighted by Gasteiger charge is 2.53. The third-order valence-electron chi connectivity index (χ3n) is 15.1. The van der Waals surface area contributed by atoms with Crippen molar-refractivity contribution in [2.24, 2.45) is 35.5 Å². The highest BCUT2D eigenvalue weighted by molar-refractivity contribution is 6.39. The summed E-state index contributed by atoms with van der Waals surface area (Å²) >= 11 is 0. The molecule has 2 bridgehead atoms. The molecule has 15 atom stereocenters. The van der Waals surface area contributed by atoms with Gasteiger partial charge in [-0.2, -0.15) is 0 Å². The van der Waals surface area contributed by atoms with Crippen LogP contribution in [0.1, 0.15) is 126 Å². The van der Waals surface area contributed by atoms with Crippen LogP contribution in [0.5, 0.6) is 0 Å². The molecule has 4 unspecified atom stereocenters. The molecule has 3 N–H and O–H groups in total. The maximum absolute atomic E-state index is 14.5. The Balaban J connectivity index is 1.70. The number of hydrogen-bond donors (Lipinski definition) is 3. The number of Topliss-reactive ketones (excluding diaryl/α,β-unsaturated/α-hetero) is 2. The van der Waals surface area contributed by atoms with Crippen LogP contribution in [0.15, 0.2) is 59.8 Å². The van der Waals surface area contributed by atoms with E-state index in [0.29, 0.717) is 50.5 Å². The lowest BCUT2D eigenvalue weighted by Crippen LogP contribution is -2.61. The maximum Gasteiger partial charge on any atom is 0.329 e. The van der Waals surface area contributed by atoms with E-state index in [9.17, 15) is 34.5 Å². The van der Waals surface area contributed by atoms with Crippen LogP contribution < -0.4 is 0 Å². The van der Waals surface area contributed by atoms with Crippen molar-refractivity contribution in [3.8, 4) is 0 Å². The Labute approximate surface area is 406 Å². The molecule has 0 radical (unpaired) electrons. The summed E-state index contributed by atoms with van der Waals surface area (Å²) in [5, 5.41) is 33.0. The molecule has 0 aromatic rings. The number of allylic oxidation sites excluding steroid dienone is 6. The lowest BCUT2D eigenvalue weighted by molar-refractivity contribution is -0.265. The number of carbonyl (C=O) groups is 4. The number of piperidine rings is 1. The molecule has 3 fully saturated rings. The van der Waals surface area contributed by atoms with Crippen molar-refractivity contribution in [3.63, 3.8) is 0 Å². The average molecular weight is 956 g/mol. The summed E-state index contributed by atoms with van der Waals surface area (Å²) in [6, 6.07) is -1.12. The molecule has 14 heteroatoms.